The van der Waals surface area contributed by atoms with Crippen molar-refractivity contribution in [2.24, 2.45) is 5.92 Å². The van der Waals surface area contributed by atoms with Crippen molar-refractivity contribution >= 4 is 11.9 Å². The van der Waals surface area contributed by atoms with Gasteiger partial charge >= 0.3 is 11.9 Å². The normalized spacial score (nSPS) is 18.4. The predicted octanol–water partition coefficient (Wildman–Crippen LogP) is -0.916. The van der Waals surface area contributed by atoms with Gasteiger partial charge in [0.25, 0.3) is 0 Å². The number of rotatable bonds is 8. The van der Waals surface area contributed by atoms with E-state index in [0.29, 0.717) is 6.54 Å². The molecule has 1 saturated heterocycles. The van der Waals surface area contributed by atoms with E-state index in [1.807, 2.05) is 0 Å². The molecule has 7 heteroatoms. The first-order valence-corrected chi connectivity index (χ1v) is 6.05. The molecule has 1 aliphatic heterocycles. The van der Waals surface area contributed by atoms with Crippen LogP contribution in [0.3, 0.4) is 0 Å². The average Bonchev–Trinajstić information content (AvgIpc) is 2.33. The van der Waals surface area contributed by atoms with Gasteiger partial charge in [-0.3, -0.25) is 14.5 Å². The quantitative estimate of drug-likeness (QED) is 0.485. The Morgan fingerprint density at radius 1 is 1.28 bits per heavy atom. The zero-order chi connectivity index (χ0) is 13.4. The fourth-order valence-corrected chi connectivity index (χ4v) is 1.80. The van der Waals surface area contributed by atoms with Gasteiger partial charge in [-0.05, 0) is 0 Å². The van der Waals surface area contributed by atoms with E-state index < -0.39 is 17.9 Å². The molecule has 0 aromatic carbocycles. The highest BCUT2D eigenvalue weighted by Crippen LogP contribution is 2.02. The molecule has 0 aromatic rings. The molecule has 0 radical (unpaired) electrons. The lowest BCUT2D eigenvalue weighted by Crippen LogP contribution is -2.41. The minimum absolute atomic E-state index is 0.186. The van der Waals surface area contributed by atoms with Gasteiger partial charge in [-0.25, -0.2) is 0 Å². The number of nitrogens with one attached hydrogen (secondary N) is 1. The fraction of sp³-hybridized carbons (Fsp3) is 0.818. The number of carboxylic acid groups (broad SMARTS) is 2. The Morgan fingerprint density at radius 2 is 1.94 bits per heavy atom. The molecule has 0 bridgehead atoms. The van der Waals surface area contributed by atoms with Crippen molar-refractivity contribution < 1.29 is 24.5 Å². The standard InChI is InChI=1S/C11H20N2O5/c14-10(15)7-9(11(16)17)8-12-1-2-13-3-5-18-6-4-13/h9,12H,1-8H2,(H,14,15)(H,16,17). The highest BCUT2D eigenvalue weighted by Gasteiger charge is 2.20. The molecule has 0 aliphatic carbocycles. The largest absolute Gasteiger partial charge is 0.481 e. The summed E-state index contributed by atoms with van der Waals surface area (Å²) in [4.78, 5) is 23.5. The lowest BCUT2D eigenvalue weighted by Gasteiger charge is -2.26. The second-order valence-electron chi connectivity index (χ2n) is 4.29. The molecule has 7 nitrogen and oxygen atoms in total. The first kappa shape index (κ1) is 14.9. The van der Waals surface area contributed by atoms with Crippen molar-refractivity contribution in [2.75, 3.05) is 45.9 Å². The number of hydrogen-bond acceptors (Lipinski definition) is 5. The number of aliphatic carboxylic acids is 2. The van der Waals surface area contributed by atoms with Crippen molar-refractivity contribution in [1.82, 2.24) is 10.2 Å². The van der Waals surface area contributed by atoms with E-state index in [4.69, 9.17) is 14.9 Å². The molecule has 1 unspecified atom stereocenters. The summed E-state index contributed by atoms with van der Waals surface area (Å²) in [5.74, 6) is -3.03. The van der Waals surface area contributed by atoms with Crippen molar-refractivity contribution in [3.63, 3.8) is 0 Å². The molecule has 0 amide bonds. The van der Waals surface area contributed by atoms with Gasteiger partial charge in [-0.1, -0.05) is 0 Å². The SMILES string of the molecule is O=C(O)CC(CNCCN1CCOCC1)C(=O)O. The number of carboxylic acids is 2. The van der Waals surface area contributed by atoms with Gasteiger partial charge in [-0.2, -0.15) is 0 Å². The molecule has 3 N–H and O–H groups in total. The summed E-state index contributed by atoms with van der Waals surface area (Å²) >= 11 is 0. The van der Waals surface area contributed by atoms with Crippen molar-refractivity contribution in [3.05, 3.63) is 0 Å². The van der Waals surface area contributed by atoms with Gasteiger partial charge in [-0.15, -0.1) is 0 Å². The Hall–Kier alpha value is -1.18. The number of hydrogen-bond donors (Lipinski definition) is 3. The minimum Gasteiger partial charge on any atom is -0.481 e. The first-order chi connectivity index (χ1) is 8.59. The molecule has 104 valence electrons. The van der Waals surface area contributed by atoms with Crippen LogP contribution in [0.15, 0.2) is 0 Å². The van der Waals surface area contributed by atoms with E-state index in [2.05, 4.69) is 10.2 Å². The summed E-state index contributed by atoms with van der Waals surface area (Å²) in [6.45, 7) is 4.91. The van der Waals surface area contributed by atoms with E-state index in [1.165, 1.54) is 0 Å². The maximum absolute atomic E-state index is 10.8. The molecular formula is C11H20N2O5. The van der Waals surface area contributed by atoms with Crippen LogP contribution in [0, 0.1) is 5.92 Å². The molecule has 1 fully saturated rings. The summed E-state index contributed by atoms with van der Waals surface area (Å²) in [5, 5.41) is 20.4. The van der Waals surface area contributed by atoms with Gasteiger partial charge in [0.05, 0.1) is 25.6 Å². The number of nitrogens with zero attached hydrogens (tertiary/aromatic N) is 1. The molecule has 18 heavy (non-hydrogen) atoms. The zero-order valence-electron chi connectivity index (χ0n) is 10.3. The van der Waals surface area contributed by atoms with Crippen LogP contribution in [0.2, 0.25) is 0 Å². The third kappa shape index (κ3) is 5.95. The lowest BCUT2D eigenvalue weighted by molar-refractivity contribution is -0.148. The van der Waals surface area contributed by atoms with Crippen molar-refractivity contribution in [1.29, 1.82) is 0 Å². The summed E-state index contributed by atoms with van der Waals surface area (Å²) in [6, 6.07) is 0. The van der Waals surface area contributed by atoms with Crippen LogP contribution in [-0.4, -0.2) is 73.0 Å². The molecule has 1 rings (SSSR count). The van der Waals surface area contributed by atoms with Crippen molar-refractivity contribution in [3.8, 4) is 0 Å². The monoisotopic (exact) mass is 260 g/mol. The number of morpholine rings is 1. The second kappa shape index (κ2) is 8.02. The topological polar surface area (TPSA) is 99.1 Å². The second-order valence-corrected chi connectivity index (χ2v) is 4.29. The van der Waals surface area contributed by atoms with E-state index >= 15 is 0 Å². The third-order valence-corrected chi connectivity index (χ3v) is 2.87. The maximum atomic E-state index is 10.8. The highest BCUT2D eigenvalue weighted by atomic mass is 16.5. The predicted molar refractivity (Wildman–Crippen MR) is 63.5 cm³/mol. The number of ether oxygens (including phenoxy) is 1. The van der Waals surface area contributed by atoms with Crippen LogP contribution in [0.25, 0.3) is 0 Å². The van der Waals surface area contributed by atoms with E-state index in [9.17, 15) is 9.59 Å². The summed E-state index contributed by atoms with van der Waals surface area (Å²) < 4.78 is 5.21. The van der Waals surface area contributed by atoms with Crippen LogP contribution in [0.5, 0.6) is 0 Å². The molecular weight excluding hydrogens is 240 g/mol. The smallest absolute Gasteiger partial charge is 0.308 e. The van der Waals surface area contributed by atoms with Crippen LogP contribution in [-0.2, 0) is 14.3 Å². The number of carbonyl (C=O) groups is 2. The molecule has 0 saturated carbocycles. The Balaban J connectivity index is 2.13. The van der Waals surface area contributed by atoms with Gasteiger partial charge < -0.3 is 20.3 Å². The van der Waals surface area contributed by atoms with Gasteiger partial charge in [0.1, 0.15) is 0 Å². The van der Waals surface area contributed by atoms with Crippen LogP contribution >= 0.6 is 0 Å². The van der Waals surface area contributed by atoms with E-state index in [-0.39, 0.29) is 13.0 Å². The minimum atomic E-state index is -1.09. The van der Waals surface area contributed by atoms with Gasteiger partial charge in [0.15, 0.2) is 0 Å². The van der Waals surface area contributed by atoms with Crippen LogP contribution in [0.1, 0.15) is 6.42 Å². The highest BCUT2D eigenvalue weighted by molar-refractivity contribution is 5.77. The zero-order valence-corrected chi connectivity index (χ0v) is 10.3. The molecule has 0 spiro atoms. The Kier molecular flexibility index (Phi) is 6.63. The van der Waals surface area contributed by atoms with E-state index in [1.54, 1.807) is 0 Å². The molecule has 0 aromatic heterocycles. The Morgan fingerprint density at radius 3 is 2.50 bits per heavy atom. The molecule has 1 aliphatic rings. The Labute approximate surface area is 106 Å². The lowest BCUT2D eigenvalue weighted by atomic mass is 10.1. The third-order valence-electron chi connectivity index (χ3n) is 2.87. The molecule has 1 heterocycles. The molecule has 1 atom stereocenters. The average molecular weight is 260 g/mol. The Bertz CT molecular complexity index is 279. The van der Waals surface area contributed by atoms with Crippen LogP contribution in [0.4, 0.5) is 0 Å². The maximum Gasteiger partial charge on any atom is 0.308 e. The van der Waals surface area contributed by atoms with Gasteiger partial charge in [0, 0.05) is 32.7 Å². The van der Waals surface area contributed by atoms with Gasteiger partial charge in [0.2, 0.25) is 0 Å². The van der Waals surface area contributed by atoms with E-state index in [0.717, 1.165) is 32.8 Å². The van der Waals surface area contributed by atoms with Crippen molar-refractivity contribution in [2.45, 2.75) is 6.42 Å². The summed E-state index contributed by atoms with van der Waals surface area (Å²) in [6.07, 6.45) is -0.347. The summed E-state index contributed by atoms with van der Waals surface area (Å²) in [7, 11) is 0. The summed E-state index contributed by atoms with van der Waals surface area (Å²) in [5.41, 5.74) is 0. The first-order valence-electron chi connectivity index (χ1n) is 6.05. The van der Waals surface area contributed by atoms with Crippen LogP contribution < -0.4 is 5.32 Å². The fourth-order valence-electron chi connectivity index (χ4n) is 1.80.